The average molecular weight is 486 g/mol. The number of hydrogen-bond donors (Lipinski definition) is 4. The highest BCUT2D eigenvalue weighted by Crippen LogP contribution is 2.46. The molecular formula is C28H27N3O5. The molecule has 1 aliphatic heterocycles. The second-order valence-electron chi connectivity index (χ2n) is 9.00. The number of aromatic nitrogens is 2. The maximum atomic E-state index is 12.5. The first-order valence-electron chi connectivity index (χ1n) is 11.7. The largest absolute Gasteiger partial charge is 0.393 e. The van der Waals surface area contributed by atoms with E-state index < -0.39 is 41.2 Å². The summed E-state index contributed by atoms with van der Waals surface area (Å²) in [5, 5.41) is 22.0. The van der Waals surface area contributed by atoms with Gasteiger partial charge in [-0.3, -0.25) is 14.3 Å². The summed E-state index contributed by atoms with van der Waals surface area (Å²) in [4.78, 5) is 26.3. The predicted molar refractivity (Wildman–Crippen MR) is 135 cm³/mol. The SMILES string of the molecule is Nc1cn(C2OC(CC(c3ccccc3)(c3ccccc3)c3ccccc3)C(O)C2O)c(=O)[nH]c1=O. The Bertz CT molecular complexity index is 1340. The van der Waals surface area contributed by atoms with Gasteiger partial charge in [-0.15, -0.1) is 0 Å². The number of nitrogen functional groups attached to an aromatic ring is 1. The van der Waals surface area contributed by atoms with Gasteiger partial charge in [0.15, 0.2) is 6.23 Å². The van der Waals surface area contributed by atoms with E-state index >= 15 is 0 Å². The summed E-state index contributed by atoms with van der Waals surface area (Å²) in [5.74, 6) is 0. The molecule has 8 heteroatoms. The van der Waals surface area contributed by atoms with Crippen molar-refractivity contribution in [1.29, 1.82) is 0 Å². The Balaban J connectivity index is 1.63. The van der Waals surface area contributed by atoms with Crippen molar-refractivity contribution >= 4 is 5.69 Å². The van der Waals surface area contributed by atoms with Gasteiger partial charge in [0.2, 0.25) is 0 Å². The molecule has 1 aliphatic rings. The van der Waals surface area contributed by atoms with E-state index in [0.29, 0.717) is 0 Å². The molecule has 3 aromatic carbocycles. The molecule has 184 valence electrons. The number of nitrogens with one attached hydrogen (secondary N) is 1. The van der Waals surface area contributed by atoms with Gasteiger partial charge >= 0.3 is 5.69 Å². The first-order valence-corrected chi connectivity index (χ1v) is 11.7. The van der Waals surface area contributed by atoms with Crippen molar-refractivity contribution in [3.05, 3.63) is 135 Å². The van der Waals surface area contributed by atoms with Gasteiger partial charge in [-0.05, 0) is 23.1 Å². The normalized spacial score (nSPS) is 21.9. The summed E-state index contributed by atoms with van der Waals surface area (Å²) in [6, 6.07) is 29.8. The highest BCUT2D eigenvalue weighted by Gasteiger charge is 2.49. The van der Waals surface area contributed by atoms with Crippen molar-refractivity contribution in [2.45, 2.75) is 36.4 Å². The van der Waals surface area contributed by atoms with Gasteiger partial charge in [0, 0.05) is 11.6 Å². The van der Waals surface area contributed by atoms with E-state index in [1.807, 2.05) is 91.0 Å². The molecule has 1 aromatic heterocycles. The number of H-pyrrole nitrogens is 1. The van der Waals surface area contributed by atoms with Gasteiger partial charge < -0.3 is 20.7 Å². The summed E-state index contributed by atoms with van der Waals surface area (Å²) in [7, 11) is 0. The highest BCUT2D eigenvalue weighted by atomic mass is 16.6. The Labute approximate surface area is 207 Å². The summed E-state index contributed by atoms with van der Waals surface area (Å²) in [6.45, 7) is 0. The van der Waals surface area contributed by atoms with Crippen LogP contribution in [-0.4, -0.2) is 38.1 Å². The monoisotopic (exact) mass is 485 g/mol. The van der Waals surface area contributed by atoms with Gasteiger partial charge in [-0.1, -0.05) is 91.0 Å². The number of aliphatic hydroxyl groups excluding tert-OH is 2. The number of aliphatic hydroxyl groups is 2. The molecule has 5 N–H and O–H groups in total. The minimum Gasteiger partial charge on any atom is -0.393 e. The zero-order valence-corrected chi connectivity index (χ0v) is 19.4. The molecule has 4 aromatic rings. The van der Waals surface area contributed by atoms with Crippen molar-refractivity contribution in [3.63, 3.8) is 0 Å². The Morgan fingerprint density at radius 1 is 0.806 bits per heavy atom. The minimum absolute atomic E-state index is 0.199. The lowest BCUT2D eigenvalue weighted by Crippen LogP contribution is -2.40. The zero-order chi connectivity index (χ0) is 25.3. The highest BCUT2D eigenvalue weighted by molar-refractivity contribution is 5.50. The summed E-state index contributed by atoms with van der Waals surface area (Å²) in [5.41, 5.74) is 6.22. The van der Waals surface area contributed by atoms with Crippen LogP contribution in [0.1, 0.15) is 29.3 Å². The lowest BCUT2D eigenvalue weighted by atomic mass is 9.66. The minimum atomic E-state index is -1.42. The quantitative estimate of drug-likeness (QED) is 0.310. The van der Waals surface area contributed by atoms with E-state index in [9.17, 15) is 19.8 Å². The van der Waals surface area contributed by atoms with Crippen LogP contribution >= 0.6 is 0 Å². The van der Waals surface area contributed by atoms with E-state index in [-0.39, 0.29) is 12.1 Å². The number of benzene rings is 3. The van der Waals surface area contributed by atoms with Crippen LogP contribution in [0.4, 0.5) is 5.69 Å². The molecule has 0 spiro atoms. The van der Waals surface area contributed by atoms with E-state index in [0.717, 1.165) is 27.5 Å². The molecule has 0 bridgehead atoms. The summed E-state index contributed by atoms with van der Waals surface area (Å²) >= 11 is 0. The number of ether oxygens (including phenoxy) is 1. The van der Waals surface area contributed by atoms with Crippen LogP contribution in [0.3, 0.4) is 0 Å². The van der Waals surface area contributed by atoms with Crippen molar-refractivity contribution < 1.29 is 14.9 Å². The molecular weight excluding hydrogens is 458 g/mol. The van der Waals surface area contributed by atoms with Crippen LogP contribution in [0.2, 0.25) is 0 Å². The second-order valence-corrected chi connectivity index (χ2v) is 9.00. The number of rotatable bonds is 6. The van der Waals surface area contributed by atoms with Gasteiger partial charge in [-0.25, -0.2) is 4.79 Å². The molecule has 1 fully saturated rings. The number of nitrogens with zero attached hydrogens (tertiary/aromatic N) is 1. The van der Waals surface area contributed by atoms with Crippen LogP contribution in [0, 0.1) is 0 Å². The van der Waals surface area contributed by atoms with Crippen molar-refractivity contribution in [2.75, 3.05) is 5.73 Å². The first-order chi connectivity index (χ1) is 17.4. The lowest BCUT2D eigenvalue weighted by molar-refractivity contribution is -0.0449. The maximum Gasteiger partial charge on any atom is 0.330 e. The van der Waals surface area contributed by atoms with Gasteiger partial charge in [-0.2, -0.15) is 0 Å². The van der Waals surface area contributed by atoms with Crippen molar-refractivity contribution in [2.24, 2.45) is 0 Å². The van der Waals surface area contributed by atoms with E-state index in [4.69, 9.17) is 10.5 Å². The third-order valence-corrected chi connectivity index (χ3v) is 6.91. The Hall–Kier alpha value is -3.98. The molecule has 0 aliphatic carbocycles. The Morgan fingerprint density at radius 2 is 1.28 bits per heavy atom. The first kappa shape index (κ1) is 23.7. The number of anilines is 1. The van der Waals surface area contributed by atoms with E-state index in [1.165, 1.54) is 0 Å². The van der Waals surface area contributed by atoms with Gasteiger partial charge in [0.25, 0.3) is 5.56 Å². The van der Waals surface area contributed by atoms with Crippen LogP contribution in [0.15, 0.2) is 107 Å². The fourth-order valence-corrected chi connectivity index (χ4v) is 5.14. The zero-order valence-electron chi connectivity index (χ0n) is 19.4. The number of hydrogen-bond acceptors (Lipinski definition) is 6. The molecule has 0 saturated carbocycles. The Kier molecular flexibility index (Phi) is 6.32. The smallest absolute Gasteiger partial charge is 0.330 e. The second kappa shape index (κ2) is 9.58. The third kappa shape index (κ3) is 4.05. The third-order valence-electron chi connectivity index (χ3n) is 6.91. The van der Waals surface area contributed by atoms with Crippen LogP contribution < -0.4 is 17.0 Å². The number of nitrogens with two attached hydrogens (primary N) is 1. The van der Waals surface area contributed by atoms with Crippen LogP contribution in [0.25, 0.3) is 0 Å². The van der Waals surface area contributed by atoms with Gasteiger partial charge in [0.05, 0.1) is 6.10 Å². The van der Waals surface area contributed by atoms with E-state index in [2.05, 4.69) is 4.98 Å². The molecule has 0 amide bonds. The van der Waals surface area contributed by atoms with Crippen molar-refractivity contribution in [1.82, 2.24) is 9.55 Å². The molecule has 4 unspecified atom stereocenters. The molecule has 8 nitrogen and oxygen atoms in total. The lowest BCUT2D eigenvalue weighted by Gasteiger charge is -2.38. The summed E-state index contributed by atoms with van der Waals surface area (Å²) in [6.07, 6.45) is -3.40. The molecule has 0 radical (unpaired) electrons. The van der Waals surface area contributed by atoms with E-state index in [1.54, 1.807) is 0 Å². The molecule has 5 rings (SSSR count). The fourth-order valence-electron chi connectivity index (χ4n) is 5.14. The topological polar surface area (TPSA) is 131 Å². The Morgan fingerprint density at radius 3 is 1.75 bits per heavy atom. The van der Waals surface area contributed by atoms with Crippen LogP contribution in [-0.2, 0) is 10.2 Å². The molecule has 2 heterocycles. The number of aromatic amines is 1. The standard InChI is InChI=1S/C28H27N3O5/c29-21-17-31(27(35)30-25(21)34)26-24(33)23(32)22(36-26)16-28(18-10-4-1-5-11-18,19-12-6-2-7-13-19)20-14-8-3-9-15-20/h1-15,17,22-24,26,32-33H,16,29H2,(H,30,34,35). The maximum absolute atomic E-state index is 12.5. The van der Waals surface area contributed by atoms with Gasteiger partial charge in [0.1, 0.15) is 17.9 Å². The molecule has 1 saturated heterocycles. The van der Waals surface area contributed by atoms with Crippen molar-refractivity contribution in [3.8, 4) is 0 Å². The predicted octanol–water partition coefficient (Wildman–Crippen LogP) is 2.16. The summed E-state index contributed by atoms with van der Waals surface area (Å²) < 4.78 is 7.17. The molecule has 36 heavy (non-hydrogen) atoms. The molecule has 4 atom stereocenters. The average Bonchev–Trinajstić information content (AvgIpc) is 3.19. The fraction of sp³-hybridized carbons (Fsp3) is 0.214. The van der Waals surface area contributed by atoms with Crippen LogP contribution in [0.5, 0.6) is 0 Å².